The number of nitrogens with one attached hydrogen (secondary N) is 1. The molecular weight excluding hydrogens is 292 g/mol. The molecule has 0 radical (unpaired) electrons. The van der Waals surface area contributed by atoms with E-state index in [-0.39, 0.29) is 11.4 Å². The zero-order valence-corrected chi connectivity index (χ0v) is 13.2. The normalized spacial score (nSPS) is 22.6. The second-order valence-corrected chi connectivity index (χ2v) is 7.05. The second kappa shape index (κ2) is 6.41. The van der Waals surface area contributed by atoms with Gasteiger partial charge >= 0.3 is 0 Å². The van der Waals surface area contributed by atoms with E-state index in [1.54, 1.807) is 32.2 Å². The lowest BCUT2D eigenvalue weighted by atomic mass is 10.0. The fourth-order valence-corrected chi connectivity index (χ4v) is 3.74. The fraction of sp³-hybridized carbons (Fsp3) is 0.571. The Balaban J connectivity index is 2.15. The van der Waals surface area contributed by atoms with Gasteiger partial charge in [0.25, 0.3) is 0 Å². The van der Waals surface area contributed by atoms with Crippen LogP contribution in [-0.2, 0) is 26.0 Å². The maximum absolute atomic E-state index is 12.4. The SMILES string of the molecule is COC1(CNS(=O)(=O)c2ccc(CN)cc2C)CCOC1. The van der Waals surface area contributed by atoms with E-state index >= 15 is 0 Å². The van der Waals surface area contributed by atoms with Crippen LogP contribution < -0.4 is 10.5 Å². The zero-order valence-electron chi connectivity index (χ0n) is 12.4. The summed E-state index contributed by atoms with van der Waals surface area (Å²) >= 11 is 0. The molecule has 0 bridgehead atoms. The molecule has 1 aliphatic heterocycles. The van der Waals surface area contributed by atoms with Gasteiger partial charge in [-0.1, -0.05) is 12.1 Å². The molecule has 0 aromatic heterocycles. The molecule has 118 valence electrons. The molecule has 6 nitrogen and oxygen atoms in total. The Morgan fingerprint density at radius 1 is 1.48 bits per heavy atom. The minimum absolute atomic E-state index is 0.198. The first-order chi connectivity index (χ1) is 9.92. The molecule has 3 N–H and O–H groups in total. The van der Waals surface area contributed by atoms with Crippen LogP contribution >= 0.6 is 0 Å². The van der Waals surface area contributed by atoms with Gasteiger partial charge in [0.05, 0.1) is 11.5 Å². The molecule has 1 aromatic carbocycles. The van der Waals surface area contributed by atoms with Gasteiger partial charge in [0.15, 0.2) is 0 Å². The van der Waals surface area contributed by atoms with E-state index in [1.807, 2.05) is 0 Å². The Morgan fingerprint density at radius 2 is 2.24 bits per heavy atom. The first-order valence-corrected chi connectivity index (χ1v) is 8.33. The highest BCUT2D eigenvalue weighted by Gasteiger charge is 2.36. The highest BCUT2D eigenvalue weighted by Crippen LogP contribution is 2.23. The highest BCUT2D eigenvalue weighted by atomic mass is 32.2. The lowest BCUT2D eigenvalue weighted by molar-refractivity contribution is -0.0120. The van der Waals surface area contributed by atoms with E-state index in [9.17, 15) is 8.42 Å². The molecule has 1 fully saturated rings. The summed E-state index contributed by atoms with van der Waals surface area (Å²) in [5.74, 6) is 0. The average Bonchev–Trinajstić information content (AvgIpc) is 2.94. The minimum atomic E-state index is -3.58. The Morgan fingerprint density at radius 3 is 2.76 bits per heavy atom. The summed E-state index contributed by atoms with van der Waals surface area (Å²) in [5, 5.41) is 0. The Bertz CT molecular complexity index is 595. The molecule has 21 heavy (non-hydrogen) atoms. The summed E-state index contributed by atoms with van der Waals surface area (Å²) < 4.78 is 38.2. The van der Waals surface area contributed by atoms with Crippen LogP contribution in [0.3, 0.4) is 0 Å². The van der Waals surface area contributed by atoms with Gasteiger partial charge in [0, 0.05) is 33.2 Å². The zero-order chi connectivity index (χ0) is 15.5. The number of hydrogen-bond acceptors (Lipinski definition) is 5. The molecule has 0 spiro atoms. The summed E-state index contributed by atoms with van der Waals surface area (Å²) in [4.78, 5) is 0.268. The monoisotopic (exact) mass is 314 g/mol. The predicted molar refractivity (Wildman–Crippen MR) is 79.4 cm³/mol. The first kappa shape index (κ1) is 16.4. The van der Waals surface area contributed by atoms with E-state index in [1.165, 1.54) is 0 Å². The van der Waals surface area contributed by atoms with E-state index in [0.29, 0.717) is 31.7 Å². The van der Waals surface area contributed by atoms with Crippen molar-refractivity contribution in [3.8, 4) is 0 Å². The van der Waals surface area contributed by atoms with Crippen molar-refractivity contribution in [3.63, 3.8) is 0 Å². The van der Waals surface area contributed by atoms with Crippen molar-refractivity contribution in [2.45, 2.75) is 30.4 Å². The molecule has 0 amide bonds. The van der Waals surface area contributed by atoms with Crippen molar-refractivity contribution >= 4 is 10.0 Å². The van der Waals surface area contributed by atoms with Crippen LogP contribution in [0, 0.1) is 6.92 Å². The lowest BCUT2D eigenvalue weighted by Crippen LogP contribution is -2.45. The lowest BCUT2D eigenvalue weighted by Gasteiger charge is -2.26. The van der Waals surface area contributed by atoms with Crippen LogP contribution in [0.25, 0.3) is 0 Å². The summed E-state index contributed by atoms with van der Waals surface area (Å²) in [6.07, 6.45) is 0.678. The summed E-state index contributed by atoms with van der Waals surface area (Å²) in [6, 6.07) is 5.11. The van der Waals surface area contributed by atoms with Gasteiger partial charge in [-0.2, -0.15) is 0 Å². The molecule has 1 aliphatic rings. The number of ether oxygens (including phenoxy) is 2. The molecule has 1 heterocycles. The Hall–Kier alpha value is -0.990. The standard InChI is InChI=1S/C14H22N2O4S/c1-11-7-12(8-15)3-4-13(11)21(17,18)16-9-14(19-2)5-6-20-10-14/h3-4,7,16H,5-6,8-10,15H2,1-2H3. The molecule has 1 saturated heterocycles. The summed E-state index contributed by atoms with van der Waals surface area (Å²) in [7, 11) is -2.00. The van der Waals surface area contributed by atoms with Gasteiger partial charge in [0.2, 0.25) is 10.0 Å². The van der Waals surface area contributed by atoms with Gasteiger partial charge in [-0.05, 0) is 24.1 Å². The predicted octanol–water partition coefficient (Wildman–Crippen LogP) is 0.538. The average molecular weight is 314 g/mol. The number of aryl methyl sites for hydroxylation is 1. The van der Waals surface area contributed by atoms with Crippen molar-refractivity contribution in [2.24, 2.45) is 5.73 Å². The molecule has 1 atom stereocenters. The number of methoxy groups -OCH3 is 1. The van der Waals surface area contributed by atoms with Gasteiger partial charge in [-0.25, -0.2) is 13.1 Å². The van der Waals surface area contributed by atoms with Gasteiger partial charge in [0.1, 0.15) is 5.60 Å². The Labute approximate surface area is 125 Å². The summed E-state index contributed by atoms with van der Waals surface area (Å²) in [5.41, 5.74) is 6.57. The molecule has 7 heteroatoms. The first-order valence-electron chi connectivity index (χ1n) is 6.85. The van der Waals surface area contributed by atoms with E-state index in [2.05, 4.69) is 4.72 Å². The number of sulfonamides is 1. The molecule has 1 unspecified atom stereocenters. The smallest absolute Gasteiger partial charge is 0.240 e. The van der Waals surface area contributed by atoms with Crippen LogP contribution in [0.5, 0.6) is 0 Å². The number of nitrogens with two attached hydrogens (primary N) is 1. The minimum Gasteiger partial charge on any atom is -0.378 e. The van der Waals surface area contributed by atoms with Gasteiger partial charge < -0.3 is 15.2 Å². The third-order valence-electron chi connectivity index (χ3n) is 3.85. The van der Waals surface area contributed by atoms with Gasteiger partial charge in [-0.15, -0.1) is 0 Å². The molecular formula is C14H22N2O4S. The van der Waals surface area contributed by atoms with Gasteiger partial charge in [-0.3, -0.25) is 0 Å². The number of rotatable bonds is 6. The summed E-state index contributed by atoms with van der Waals surface area (Å²) in [6.45, 7) is 3.33. The van der Waals surface area contributed by atoms with Crippen molar-refractivity contribution in [1.29, 1.82) is 0 Å². The van der Waals surface area contributed by atoms with Crippen molar-refractivity contribution in [2.75, 3.05) is 26.9 Å². The third kappa shape index (κ3) is 3.61. The molecule has 0 aliphatic carbocycles. The van der Waals surface area contributed by atoms with Crippen LogP contribution in [0.2, 0.25) is 0 Å². The maximum atomic E-state index is 12.4. The Kier molecular flexibility index (Phi) is 5.00. The van der Waals surface area contributed by atoms with E-state index < -0.39 is 15.6 Å². The van der Waals surface area contributed by atoms with Crippen LogP contribution in [0.1, 0.15) is 17.5 Å². The quantitative estimate of drug-likeness (QED) is 0.799. The molecule has 2 rings (SSSR count). The molecule has 0 saturated carbocycles. The fourth-order valence-electron chi connectivity index (χ4n) is 2.41. The van der Waals surface area contributed by atoms with E-state index in [0.717, 1.165) is 5.56 Å². The number of hydrogen-bond donors (Lipinski definition) is 2. The highest BCUT2D eigenvalue weighted by molar-refractivity contribution is 7.89. The van der Waals surface area contributed by atoms with E-state index in [4.69, 9.17) is 15.2 Å². The number of benzene rings is 1. The van der Waals surface area contributed by atoms with Crippen LogP contribution in [0.4, 0.5) is 0 Å². The topological polar surface area (TPSA) is 90.7 Å². The molecule has 1 aromatic rings. The maximum Gasteiger partial charge on any atom is 0.240 e. The van der Waals surface area contributed by atoms with Crippen molar-refractivity contribution in [3.05, 3.63) is 29.3 Å². The largest absolute Gasteiger partial charge is 0.378 e. The van der Waals surface area contributed by atoms with Crippen molar-refractivity contribution < 1.29 is 17.9 Å². The third-order valence-corrected chi connectivity index (χ3v) is 5.41. The van der Waals surface area contributed by atoms with Crippen molar-refractivity contribution in [1.82, 2.24) is 4.72 Å². The second-order valence-electron chi connectivity index (χ2n) is 5.32. The van der Waals surface area contributed by atoms with Crippen LogP contribution in [-0.4, -0.2) is 40.9 Å². The van der Waals surface area contributed by atoms with Crippen LogP contribution in [0.15, 0.2) is 23.1 Å².